The van der Waals surface area contributed by atoms with Crippen LogP contribution in [0.15, 0.2) is 40.8 Å². The summed E-state index contributed by atoms with van der Waals surface area (Å²) in [6, 6.07) is 0. The summed E-state index contributed by atoms with van der Waals surface area (Å²) in [4.78, 5) is 43.5. The summed E-state index contributed by atoms with van der Waals surface area (Å²) in [6.45, 7) is -0.0164. The number of imidazole rings is 1. The third kappa shape index (κ3) is 4.76. The van der Waals surface area contributed by atoms with Crippen LogP contribution in [0.1, 0.15) is 0 Å². The van der Waals surface area contributed by atoms with Crippen molar-refractivity contribution in [1.29, 1.82) is 0 Å². The fraction of sp³-hybridized carbons (Fsp3) is 0.375. The van der Waals surface area contributed by atoms with Gasteiger partial charge in [-0.15, -0.1) is 0 Å². The van der Waals surface area contributed by atoms with Crippen molar-refractivity contribution >= 4 is 24.7 Å². The molecule has 3 rings (SSSR count). The fourth-order valence-corrected chi connectivity index (χ4v) is 3.31. The number of ether oxygens (including phenoxy) is 4. The molecule has 13 nitrogen and oxygen atoms in total. The van der Waals surface area contributed by atoms with Crippen molar-refractivity contribution in [3.63, 3.8) is 0 Å². The minimum Gasteiger partial charge on any atom is -0.490 e. The molecule has 0 spiro atoms. The summed E-state index contributed by atoms with van der Waals surface area (Å²) in [5.41, 5.74) is 0.204. The summed E-state index contributed by atoms with van der Waals surface area (Å²) >= 11 is 0. The molecule has 2 aromatic rings. The first-order valence-corrected chi connectivity index (χ1v) is 10.3. The van der Waals surface area contributed by atoms with Crippen LogP contribution in [-0.2, 0) is 39.4 Å². The van der Waals surface area contributed by atoms with Crippen LogP contribution in [0.5, 0.6) is 0 Å². The number of esters is 1. The number of rotatable bonds is 10. The van der Waals surface area contributed by atoms with Crippen LogP contribution in [0, 0.1) is 0 Å². The van der Waals surface area contributed by atoms with Gasteiger partial charge in [-0.2, -0.15) is 0 Å². The van der Waals surface area contributed by atoms with Gasteiger partial charge in [0, 0.05) is 6.54 Å². The van der Waals surface area contributed by atoms with Gasteiger partial charge in [0.1, 0.15) is 6.35 Å². The summed E-state index contributed by atoms with van der Waals surface area (Å²) in [5.74, 6) is -0.757. The van der Waals surface area contributed by atoms with Gasteiger partial charge in [-0.25, -0.2) is 14.8 Å². The summed E-state index contributed by atoms with van der Waals surface area (Å²) < 4.78 is 38.6. The standard InChI is InChI=1S/C16H19N4O9P/c1-25-12-10(29-16(22)13(12)26-2)3-5-28-30(23,24)9-27-6-4-20-8-19-11-14(20)17-7-18-15(11)21/h3,7-8H,4-6,9H2,1-2H3,(H,23,24)(H,17,18,21)/b10-3+. The van der Waals surface area contributed by atoms with E-state index >= 15 is 0 Å². The van der Waals surface area contributed by atoms with Gasteiger partial charge in [-0.3, -0.25) is 9.36 Å². The minimum atomic E-state index is -4.07. The first-order valence-electron chi connectivity index (χ1n) is 8.54. The molecule has 1 atom stereocenters. The van der Waals surface area contributed by atoms with E-state index in [1.54, 1.807) is 4.57 Å². The van der Waals surface area contributed by atoms with E-state index in [1.807, 2.05) is 0 Å². The second-order valence-electron chi connectivity index (χ2n) is 5.84. The maximum Gasteiger partial charge on any atom is 0.383 e. The number of hydrogen-bond donors (Lipinski definition) is 2. The molecule has 0 bridgehead atoms. The van der Waals surface area contributed by atoms with Gasteiger partial charge in [0.05, 0.1) is 40.1 Å². The minimum absolute atomic E-state index is 0.0229. The van der Waals surface area contributed by atoms with E-state index in [0.717, 1.165) is 0 Å². The van der Waals surface area contributed by atoms with E-state index in [0.29, 0.717) is 5.65 Å². The second-order valence-corrected chi connectivity index (χ2v) is 7.63. The van der Waals surface area contributed by atoms with Gasteiger partial charge >= 0.3 is 13.6 Å². The van der Waals surface area contributed by atoms with Crippen LogP contribution in [0.25, 0.3) is 11.2 Å². The van der Waals surface area contributed by atoms with Gasteiger partial charge in [0.25, 0.3) is 11.3 Å². The molecular weight excluding hydrogens is 423 g/mol. The van der Waals surface area contributed by atoms with Gasteiger partial charge in [0.15, 0.2) is 16.9 Å². The summed E-state index contributed by atoms with van der Waals surface area (Å²) in [5, 5.41) is 0. The number of carbonyl (C=O) groups excluding carboxylic acids is 1. The lowest BCUT2D eigenvalue weighted by atomic mass is 10.3. The molecular formula is C16H19N4O9P. The van der Waals surface area contributed by atoms with Crippen molar-refractivity contribution in [3.8, 4) is 0 Å². The molecule has 0 saturated heterocycles. The van der Waals surface area contributed by atoms with Crippen molar-refractivity contribution in [2.24, 2.45) is 0 Å². The molecule has 1 aliphatic rings. The number of hydrogen-bond acceptors (Lipinski definition) is 10. The van der Waals surface area contributed by atoms with Crippen molar-refractivity contribution in [2.45, 2.75) is 6.54 Å². The molecule has 0 aromatic carbocycles. The Labute approximate surface area is 169 Å². The Morgan fingerprint density at radius 2 is 2.03 bits per heavy atom. The lowest BCUT2D eigenvalue weighted by Gasteiger charge is -2.12. The van der Waals surface area contributed by atoms with Gasteiger partial charge in [-0.1, -0.05) is 0 Å². The first kappa shape index (κ1) is 21.7. The van der Waals surface area contributed by atoms with Gasteiger partial charge in [-0.05, 0) is 6.08 Å². The quantitative estimate of drug-likeness (QED) is 0.294. The summed E-state index contributed by atoms with van der Waals surface area (Å²) in [6.07, 6.45) is 3.39. The molecule has 14 heteroatoms. The highest BCUT2D eigenvalue weighted by Crippen LogP contribution is 2.41. The Balaban J connectivity index is 1.48. The molecule has 0 radical (unpaired) electrons. The Bertz CT molecular complexity index is 1100. The molecule has 0 fully saturated rings. The van der Waals surface area contributed by atoms with Crippen LogP contribution in [0.2, 0.25) is 0 Å². The summed E-state index contributed by atoms with van der Waals surface area (Å²) in [7, 11) is -1.46. The highest BCUT2D eigenvalue weighted by Gasteiger charge is 2.32. The van der Waals surface area contributed by atoms with Crippen LogP contribution in [-0.4, -0.2) is 64.2 Å². The molecule has 2 N–H and O–H groups in total. The normalized spacial score (nSPS) is 17.4. The maximum absolute atomic E-state index is 12.1. The van der Waals surface area contributed by atoms with Gasteiger partial charge < -0.3 is 37.9 Å². The van der Waals surface area contributed by atoms with Crippen LogP contribution >= 0.6 is 7.60 Å². The predicted molar refractivity (Wildman–Crippen MR) is 100.0 cm³/mol. The number of cyclic esters (lactones) is 1. The predicted octanol–water partition coefficient (Wildman–Crippen LogP) is 0.241. The van der Waals surface area contributed by atoms with E-state index < -0.39 is 19.9 Å². The van der Waals surface area contributed by atoms with Crippen molar-refractivity contribution in [1.82, 2.24) is 19.5 Å². The van der Waals surface area contributed by atoms with Crippen molar-refractivity contribution < 1.29 is 37.7 Å². The van der Waals surface area contributed by atoms with Crippen LogP contribution in [0.3, 0.4) is 0 Å². The number of fused-ring (bicyclic) bond motifs is 1. The average molecular weight is 442 g/mol. The monoisotopic (exact) mass is 442 g/mol. The number of aromatic amines is 1. The smallest absolute Gasteiger partial charge is 0.383 e. The molecule has 1 aliphatic heterocycles. The third-order valence-corrected chi connectivity index (χ3v) is 4.97. The number of H-pyrrole nitrogens is 1. The molecule has 1 unspecified atom stereocenters. The SMILES string of the molecule is COC1=C(OC)/C(=C\COP(=O)(O)COCCn2cnc3c(=O)[nH]cnc32)OC1=O. The van der Waals surface area contributed by atoms with E-state index in [2.05, 4.69) is 15.0 Å². The zero-order valence-corrected chi connectivity index (χ0v) is 17.0. The largest absolute Gasteiger partial charge is 0.490 e. The zero-order chi connectivity index (χ0) is 21.7. The Morgan fingerprint density at radius 1 is 1.27 bits per heavy atom. The maximum atomic E-state index is 12.1. The molecule has 0 saturated carbocycles. The Hall–Kier alpha value is -2.99. The highest BCUT2D eigenvalue weighted by atomic mass is 31.2. The van der Waals surface area contributed by atoms with E-state index in [9.17, 15) is 19.0 Å². The van der Waals surface area contributed by atoms with Crippen LogP contribution in [0.4, 0.5) is 0 Å². The van der Waals surface area contributed by atoms with E-state index in [1.165, 1.54) is 33.0 Å². The molecule has 2 aromatic heterocycles. The third-order valence-electron chi connectivity index (χ3n) is 3.91. The van der Waals surface area contributed by atoms with Crippen LogP contribution < -0.4 is 5.56 Å². The molecule has 0 aliphatic carbocycles. The fourth-order valence-electron chi connectivity index (χ4n) is 2.57. The molecule has 30 heavy (non-hydrogen) atoms. The van der Waals surface area contributed by atoms with Gasteiger partial charge in [0.2, 0.25) is 5.76 Å². The Morgan fingerprint density at radius 3 is 2.77 bits per heavy atom. The highest BCUT2D eigenvalue weighted by molar-refractivity contribution is 7.52. The molecule has 0 amide bonds. The average Bonchev–Trinajstić information content (AvgIpc) is 3.26. The zero-order valence-electron chi connectivity index (χ0n) is 16.1. The van der Waals surface area contributed by atoms with E-state index in [-0.39, 0.29) is 48.1 Å². The second kappa shape index (κ2) is 9.22. The number of methoxy groups -OCH3 is 2. The first-order chi connectivity index (χ1) is 14.4. The topological polar surface area (TPSA) is 164 Å². The van der Waals surface area contributed by atoms with E-state index in [4.69, 9.17) is 23.5 Å². The lowest BCUT2D eigenvalue weighted by Crippen LogP contribution is -2.10. The molecule has 3 heterocycles. The van der Waals surface area contributed by atoms with Crippen molar-refractivity contribution in [3.05, 3.63) is 46.4 Å². The number of nitrogens with one attached hydrogen (secondary N) is 1. The number of nitrogens with zero attached hydrogens (tertiary/aromatic N) is 3. The Kier molecular flexibility index (Phi) is 6.67. The lowest BCUT2D eigenvalue weighted by molar-refractivity contribution is -0.136. The number of carbonyl (C=O) groups is 1. The number of aromatic nitrogens is 4. The molecule has 162 valence electrons. The van der Waals surface area contributed by atoms with Crippen molar-refractivity contribution in [2.75, 3.05) is 33.8 Å².